The molecule has 1 fully saturated rings. The van der Waals surface area contributed by atoms with Crippen LogP contribution in [0.1, 0.15) is 31.4 Å². The minimum Gasteiger partial charge on any atom is -0.329 e. The van der Waals surface area contributed by atoms with Crippen molar-refractivity contribution in [3.05, 3.63) is 23.5 Å². The summed E-state index contributed by atoms with van der Waals surface area (Å²) in [4.78, 5) is 17.9. The van der Waals surface area contributed by atoms with Crippen LogP contribution >= 0.6 is 11.3 Å². The maximum Gasteiger partial charge on any atom is 0.193 e. The standard InChI is InChI=1S/C13H17N3OS/c14-9-13(3-1-2-4-13)11(17)7-10-8-16-5-6-18-12(16)15-10/h5-6,8H,1-4,7,9,14H2. The lowest BCUT2D eigenvalue weighted by molar-refractivity contribution is -0.127. The van der Waals surface area contributed by atoms with Crippen LogP contribution in [-0.4, -0.2) is 21.7 Å². The summed E-state index contributed by atoms with van der Waals surface area (Å²) in [5.74, 6) is 0.272. The number of nitrogens with zero attached hydrogens (tertiary/aromatic N) is 2. The first-order chi connectivity index (χ1) is 8.73. The lowest BCUT2D eigenvalue weighted by Crippen LogP contribution is -2.37. The van der Waals surface area contributed by atoms with Gasteiger partial charge in [-0.1, -0.05) is 12.8 Å². The highest BCUT2D eigenvalue weighted by molar-refractivity contribution is 7.15. The van der Waals surface area contributed by atoms with Gasteiger partial charge in [0, 0.05) is 29.7 Å². The molecule has 18 heavy (non-hydrogen) atoms. The molecule has 0 radical (unpaired) electrons. The summed E-state index contributed by atoms with van der Waals surface area (Å²) in [7, 11) is 0. The number of carbonyl (C=O) groups excluding carboxylic acids is 1. The second-order valence-corrected chi connectivity index (χ2v) is 5.99. The van der Waals surface area contributed by atoms with Gasteiger partial charge in [-0.15, -0.1) is 11.3 Å². The van der Waals surface area contributed by atoms with Gasteiger partial charge in [0.15, 0.2) is 4.96 Å². The number of nitrogens with two attached hydrogens (primary N) is 1. The van der Waals surface area contributed by atoms with Crippen molar-refractivity contribution in [1.29, 1.82) is 0 Å². The molecule has 2 heterocycles. The van der Waals surface area contributed by atoms with E-state index in [2.05, 4.69) is 4.98 Å². The summed E-state index contributed by atoms with van der Waals surface area (Å²) < 4.78 is 1.97. The molecule has 3 rings (SSSR count). The van der Waals surface area contributed by atoms with Crippen LogP contribution in [0.3, 0.4) is 0 Å². The predicted octanol–water partition coefficient (Wildman–Crippen LogP) is 2.03. The second kappa shape index (κ2) is 4.48. The number of rotatable bonds is 4. The lowest BCUT2D eigenvalue weighted by Gasteiger charge is -2.24. The first-order valence-corrected chi connectivity index (χ1v) is 7.26. The summed E-state index contributed by atoms with van der Waals surface area (Å²) in [5.41, 5.74) is 6.43. The second-order valence-electron chi connectivity index (χ2n) is 5.12. The zero-order chi connectivity index (χ0) is 12.6. The van der Waals surface area contributed by atoms with E-state index in [0.717, 1.165) is 36.3 Å². The number of carbonyl (C=O) groups is 1. The van der Waals surface area contributed by atoms with Gasteiger partial charge >= 0.3 is 0 Å². The number of aromatic nitrogens is 2. The molecule has 0 unspecified atom stereocenters. The minimum atomic E-state index is -0.267. The van der Waals surface area contributed by atoms with Gasteiger partial charge in [0.2, 0.25) is 0 Å². The molecule has 0 saturated heterocycles. The van der Waals surface area contributed by atoms with Crippen molar-refractivity contribution in [3.63, 3.8) is 0 Å². The van der Waals surface area contributed by atoms with Crippen molar-refractivity contribution < 1.29 is 4.79 Å². The van der Waals surface area contributed by atoms with Crippen molar-refractivity contribution in [2.45, 2.75) is 32.1 Å². The summed E-state index contributed by atoms with van der Waals surface area (Å²) in [6, 6.07) is 0. The fraction of sp³-hybridized carbons (Fsp3) is 0.538. The molecule has 0 bridgehead atoms. The number of hydrogen-bond acceptors (Lipinski definition) is 4. The van der Waals surface area contributed by atoms with Gasteiger partial charge < -0.3 is 5.73 Å². The van der Waals surface area contributed by atoms with Crippen LogP contribution in [0.2, 0.25) is 0 Å². The third-order valence-electron chi connectivity index (χ3n) is 4.03. The molecule has 96 valence electrons. The Labute approximate surface area is 110 Å². The molecule has 0 atom stereocenters. The predicted molar refractivity (Wildman–Crippen MR) is 71.7 cm³/mol. The molecular weight excluding hydrogens is 246 g/mol. The average Bonchev–Trinajstić information content (AvgIpc) is 3.03. The molecule has 0 aromatic carbocycles. The Balaban J connectivity index is 1.79. The van der Waals surface area contributed by atoms with Gasteiger partial charge in [-0.25, -0.2) is 4.98 Å². The number of fused-ring (bicyclic) bond motifs is 1. The van der Waals surface area contributed by atoms with Crippen LogP contribution in [0.4, 0.5) is 0 Å². The van der Waals surface area contributed by atoms with E-state index in [0.29, 0.717) is 13.0 Å². The topological polar surface area (TPSA) is 60.4 Å². The van der Waals surface area contributed by atoms with Crippen molar-refractivity contribution in [2.24, 2.45) is 11.1 Å². The Morgan fingerprint density at radius 2 is 2.28 bits per heavy atom. The Hall–Kier alpha value is -1.20. The maximum absolute atomic E-state index is 12.4. The van der Waals surface area contributed by atoms with Crippen LogP contribution < -0.4 is 5.73 Å². The smallest absolute Gasteiger partial charge is 0.193 e. The number of ketones is 1. The first-order valence-electron chi connectivity index (χ1n) is 6.38. The third-order valence-corrected chi connectivity index (χ3v) is 4.80. The van der Waals surface area contributed by atoms with Crippen LogP contribution in [0, 0.1) is 5.41 Å². The Bertz CT molecular complexity index is 537. The van der Waals surface area contributed by atoms with E-state index < -0.39 is 0 Å². The van der Waals surface area contributed by atoms with Gasteiger partial charge in [0.05, 0.1) is 12.1 Å². The highest BCUT2D eigenvalue weighted by Gasteiger charge is 2.39. The van der Waals surface area contributed by atoms with E-state index >= 15 is 0 Å². The average molecular weight is 263 g/mol. The van der Waals surface area contributed by atoms with Crippen LogP contribution in [0.25, 0.3) is 4.96 Å². The molecule has 2 aromatic rings. The highest BCUT2D eigenvalue weighted by atomic mass is 32.1. The van der Waals surface area contributed by atoms with Gasteiger partial charge in [0.25, 0.3) is 0 Å². The van der Waals surface area contributed by atoms with Crippen molar-refractivity contribution in [3.8, 4) is 0 Å². The SMILES string of the molecule is NCC1(C(=O)Cc2cn3ccsc3n2)CCCC1. The number of hydrogen-bond donors (Lipinski definition) is 1. The monoisotopic (exact) mass is 263 g/mol. The summed E-state index contributed by atoms with van der Waals surface area (Å²) in [6.07, 6.45) is 8.49. The third kappa shape index (κ3) is 1.87. The largest absolute Gasteiger partial charge is 0.329 e. The first kappa shape index (κ1) is 11.9. The van der Waals surface area contributed by atoms with Crippen LogP contribution in [-0.2, 0) is 11.2 Å². The fourth-order valence-electron chi connectivity index (χ4n) is 2.86. The van der Waals surface area contributed by atoms with Gasteiger partial charge in [-0.05, 0) is 12.8 Å². The van der Waals surface area contributed by atoms with Crippen molar-refractivity contribution >= 4 is 22.1 Å². The van der Waals surface area contributed by atoms with Crippen molar-refractivity contribution in [1.82, 2.24) is 9.38 Å². The number of Topliss-reactive ketones (excluding diaryl/α,β-unsaturated/α-hetero) is 1. The van der Waals surface area contributed by atoms with Crippen LogP contribution in [0.15, 0.2) is 17.8 Å². The zero-order valence-electron chi connectivity index (χ0n) is 10.3. The normalized spacial score (nSPS) is 18.5. The van der Waals surface area contributed by atoms with Gasteiger partial charge in [0.1, 0.15) is 5.78 Å². The quantitative estimate of drug-likeness (QED) is 0.918. The van der Waals surface area contributed by atoms with E-state index in [1.807, 2.05) is 22.2 Å². The maximum atomic E-state index is 12.4. The zero-order valence-corrected chi connectivity index (χ0v) is 11.1. The molecule has 4 nitrogen and oxygen atoms in total. The lowest BCUT2D eigenvalue weighted by atomic mass is 9.80. The fourth-order valence-corrected chi connectivity index (χ4v) is 3.58. The van der Waals surface area contributed by atoms with Crippen LogP contribution in [0.5, 0.6) is 0 Å². The van der Waals surface area contributed by atoms with Gasteiger partial charge in [-0.3, -0.25) is 9.20 Å². The van der Waals surface area contributed by atoms with E-state index in [1.54, 1.807) is 11.3 Å². The molecule has 1 saturated carbocycles. The minimum absolute atomic E-state index is 0.267. The molecule has 2 N–H and O–H groups in total. The molecule has 0 spiro atoms. The number of thiazole rings is 1. The summed E-state index contributed by atoms with van der Waals surface area (Å²) >= 11 is 1.59. The molecule has 5 heteroatoms. The molecule has 0 amide bonds. The highest BCUT2D eigenvalue weighted by Crippen LogP contribution is 2.38. The van der Waals surface area contributed by atoms with Crippen molar-refractivity contribution in [2.75, 3.05) is 6.54 Å². The Morgan fingerprint density at radius 1 is 1.50 bits per heavy atom. The number of imidazole rings is 1. The van der Waals surface area contributed by atoms with E-state index in [9.17, 15) is 4.79 Å². The summed E-state index contributed by atoms with van der Waals surface area (Å²) in [5, 5.41) is 1.99. The van der Waals surface area contributed by atoms with E-state index in [4.69, 9.17) is 5.73 Å². The molecule has 2 aromatic heterocycles. The van der Waals surface area contributed by atoms with E-state index in [1.165, 1.54) is 0 Å². The Morgan fingerprint density at radius 3 is 2.94 bits per heavy atom. The van der Waals surface area contributed by atoms with E-state index in [-0.39, 0.29) is 11.2 Å². The van der Waals surface area contributed by atoms with Gasteiger partial charge in [-0.2, -0.15) is 0 Å². The molecule has 0 aliphatic heterocycles. The Kier molecular flexibility index (Phi) is 2.95. The molecule has 1 aliphatic carbocycles. The molecule has 1 aliphatic rings. The molecular formula is C13H17N3OS. The summed E-state index contributed by atoms with van der Waals surface area (Å²) in [6.45, 7) is 0.480.